The molecule has 0 aromatic carbocycles. The summed E-state index contributed by atoms with van der Waals surface area (Å²) in [5, 5.41) is 21.2. The number of pyridine rings is 2. The number of nitrogens with zero attached hydrogens (tertiary/aromatic N) is 4. The average Bonchev–Trinajstić information content (AvgIpc) is 2.89. The fraction of sp³-hybridized carbons (Fsp3) is 0.188. The molecule has 8 nitrogen and oxygen atoms in total. The van der Waals surface area contributed by atoms with Crippen LogP contribution in [0.25, 0.3) is 5.65 Å². The van der Waals surface area contributed by atoms with E-state index in [1.165, 1.54) is 23.0 Å². The zero-order valence-corrected chi connectivity index (χ0v) is 13.4. The summed E-state index contributed by atoms with van der Waals surface area (Å²) >= 11 is 0. The van der Waals surface area contributed by atoms with Crippen molar-refractivity contribution in [2.45, 2.75) is 20.8 Å². The molecule has 0 saturated heterocycles. The highest BCUT2D eigenvalue weighted by atomic mass is 16.4. The summed E-state index contributed by atoms with van der Waals surface area (Å²) in [5.74, 6) is -1.27. The first-order valence-corrected chi connectivity index (χ1v) is 7.01. The molecule has 124 valence electrons. The Morgan fingerprint density at radius 2 is 1.71 bits per heavy atom. The lowest BCUT2D eigenvalue weighted by Crippen LogP contribution is -1.99. The molecule has 0 atom stereocenters. The summed E-state index contributed by atoms with van der Waals surface area (Å²) < 4.78 is 1.46. The third-order valence-corrected chi connectivity index (χ3v) is 3.27. The van der Waals surface area contributed by atoms with E-state index < -0.39 is 11.9 Å². The van der Waals surface area contributed by atoms with Crippen molar-refractivity contribution in [3.8, 4) is 0 Å². The van der Waals surface area contributed by atoms with Crippen LogP contribution >= 0.6 is 0 Å². The number of aryl methyl sites for hydroxylation is 3. The third kappa shape index (κ3) is 3.92. The van der Waals surface area contributed by atoms with Crippen molar-refractivity contribution in [1.29, 1.82) is 0 Å². The summed E-state index contributed by atoms with van der Waals surface area (Å²) in [5.41, 5.74) is 2.88. The van der Waals surface area contributed by atoms with Gasteiger partial charge in [0.25, 0.3) is 0 Å². The average molecular weight is 328 g/mol. The molecule has 2 N–H and O–H groups in total. The van der Waals surface area contributed by atoms with Gasteiger partial charge in [-0.25, -0.2) is 19.1 Å². The maximum Gasteiger partial charge on any atom is 0.337 e. The molecule has 0 radical (unpaired) electrons. The van der Waals surface area contributed by atoms with E-state index in [4.69, 9.17) is 10.2 Å². The van der Waals surface area contributed by atoms with E-state index in [0.29, 0.717) is 11.5 Å². The maximum atomic E-state index is 10.6. The summed E-state index contributed by atoms with van der Waals surface area (Å²) in [6, 6.07) is 4.75. The van der Waals surface area contributed by atoms with Crippen molar-refractivity contribution >= 4 is 17.6 Å². The Morgan fingerprint density at radius 1 is 1.04 bits per heavy atom. The Hall–Kier alpha value is -3.29. The number of rotatable bonds is 2. The summed E-state index contributed by atoms with van der Waals surface area (Å²) in [4.78, 5) is 29.0. The Morgan fingerprint density at radius 3 is 2.29 bits per heavy atom. The molecule has 3 aromatic heterocycles. The number of hydrogen-bond donors (Lipinski definition) is 2. The second kappa shape index (κ2) is 6.86. The summed E-state index contributed by atoms with van der Waals surface area (Å²) in [6.07, 6.45) is 2.81. The van der Waals surface area contributed by atoms with Crippen molar-refractivity contribution in [2.75, 3.05) is 0 Å². The first-order valence-electron chi connectivity index (χ1n) is 7.01. The van der Waals surface area contributed by atoms with Gasteiger partial charge in [0.05, 0.1) is 11.1 Å². The Kier molecular flexibility index (Phi) is 4.88. The molecular formula is C16H16N4O4. The SMILES string of the molecule is Cc1cc(C(=O)O)cnc1C.Cc1nc2ccc(C(=O)O)cn2n1. The number of carboxylic acid groups (broad SMARTS) is 2. The van der Waals surface area contributed by atoms with Gasteiger partial charge >= 0.3 is 11.9 Å². The number of hydrogen-bond acceptors (Lipinski definition) is 5. The van der Waals surface area contributed by atoms with Crippen molar-refractivity contribution in [3.05, 3.63) is 58.8 Å². The van der Waals surface area contributed by atoms with E-state index in [1.54, 1.807) is 19.1 Å². The molecule has 0 spiro atoms. The van der Waals surface area contributed by atoms with E-state index in [1.807, 2.05) is 13.8 Å². The van der Waals surface area contributed by atoms with Gasteiger partial charge in [0.15, 0.2) is 5.65 Å². The number of carboxylic acids is 2. The van der Waals surface area contributed by atoms with Crippen LogP contribution in [0.4, 0.5) is 0 Å². The van der Waals surface area contributed by atoms with Gasteiger partial charge in [-0.3, -0.25) is 4.98 Å². The first-order chi connectivity index (χ1) is 11.3. The van der Waals surface area contributed by atoms with Crippen molar-refractivity contribution in [3.63, 3.8) is 0 Å². The Balaban J connectivity index is 0.000000177. The number of aromatic carboxylic acids is 2. The van der Waals surface area contributed by atoms with Crippen LogP contribution in [0, 0.1) is 20.8 Å². The van der Waals surface area contributed by atoms with Crippen LogP contribution in [0.2, 0.25) is 0 Å². The topological polar surface area (TPSA) is 118 Å². The van der Waals surface area contributed by atoms with E-state index in [0.717, 1.165) is 11.3 Å². The van der Waals surface area contributed by atoms with Crippen LogP contribution in [0.3, 0.4) is 0 Å². The largest absolute Gasteiger partial charge is 0.478 e. The molecule has 0 amide bonds. The van der Waals surface area contributed by atoms with Gasteiger partial charge in [-0.2, -0.15) is 5.10 Å². The lowest BCUT2D eigenvalue weighted by atomic mass is 10.2. The molecule has 3 heterocycles. The van der Waals surface area contributed by atoms with Crippen molar-refractivity contribution < 1.29 is 19.8 Å². The molecule has 0 bridgehead atoms. The predicted molar refractivity (Wildman–Crippen MR) is 85.4 cm³/mol. The fourth-order valence-electron chi connectivity index (χ4n) is 1.88. The first kappa shape index (κ1) is 17.1. The van der Waals surface area contributed by atoms with Crippen LogP contribution in [0.1, 0.15) is 37.8 Å². The highest BCUT2D eigenvalue weighted by Crippen LogP contribution is 2.06. The molecule has 8 heteroatoms. The van der Waals surface area contributed by atoms with E-state index in [2.05, 4.69) is 15.1 Å². The molecule has 0 aliphatic carbocycles. The normalized spacial score (nSPS) is 10.1. The molecule has 0 aliphatic rings. The molecule has 0 fully saturated rings. The molecule has 0 saturated carbocycles. The number of fused-ring (bicyclic) bond motifs is 1. The number of aromatic nitrogens is 4. The second-order valence-electron chi connectivity index (χ2n) is 5.12. The van der Waals surface area contributed by atoms with Gasteiger partial charge in [0.2, 0.25) is 0 Å². The van der Waals surface area contributed by atoms with Crippen LogP contribution < -0.4 is 0 Å². The predicted octanol–water partition coefficient (Wildman–Crippen LogP) is 2.13. The van der Waals surface area contributed by atoms with Crippen molar-refractivity contribution in [2.24, 2.45) is 0 Å². The minimum Gasteiger partial charge on any atom is -0.478 e. The van der Waals surface area contributed by atoms with E-state index in [9.17, 15) is 9.59 Å². The lowest BCUT2D eigenvalue weighted by molar-refractivity contribution is 0.0685. The zero-order valence-electron chi connectivity index (χ0n) is 13.4. The quantitative estimate of drug-likeness (QED) is 0.739. The van der Waals surface area contributed by atoms with Crippen LogP contribution in [-0.2, 0) is 0 Å². The monoisotopic (exact) mass is 328 g/mol. The van der Waals surface area contributed by atoms with Gasteiger partial charge in [0, 0.05) is 18.1 Å². The van der Waals surface area contributed by atoms with Crippen molar-refractivity contribution in [1.82, 2.24) is 19.6 Å². The second-order valence-corrected chi connectivity index (χ2v) is 5.12. The zero-order chi connectivity index (χ0) is 17.9. The maximum absolute atomic E-state index is 10.6. The van der Waals surface area contributed by atoms with E-state index in [-0.39, 0.29) is 11.1 Å². The van der Waals surface area contributed by atoms with Crippen LogP contribution in [0.5, 0.6) is 0 Å². The third-order valence-electron chi connectivity index (χ3n) is 3.27. The minimum atomic E-state index is -0.963. The molecule has 0 aliphatic heterocycles. The van der Waals surface area contributed by atoms with Gasteiger partial charge in [0.1, 0.15) is 5.82 Å². The molecule has 3 aromatic rings. The van der Waals surface area contributed by atoms with Gasteiger partial charge in [-0.05, 0) is 44.5 Å². The molecule has 24 heavy (non-hydrogen) atoms. The van der Waals surface area contributed by atoms with Gasteiger partial charge < -0.3 is 10.2 Å². The summed E-state index contributed by atoms with van der Waals surface area (Å²) in [7, 11) is 0. The van der Waals surface area contributed by atoms with Gasteiger partial charge in [-0.15, -0.1) is 0 Å². The molecule has 3 rings (SSSR count). The molecule has 0 unspecified atom stereocenters. The Labute approximate surface area is 137 Å². The van der Waals surface area contributed by atoms with E-state index >= 15 is 0 Å². The Bertz CT molecular complexity index is 918. The lowest BCUT2D eigenvalue weighted by Gasteiger charge is -1.98. The van der Waals surface area contributed by atoms with Gasteiger partial charge in [-0.1, -0.05) is 0 Å². The van der Waals surface area contributed by atoms with Crippen LogP contribution in [-0.4, -0.2) is 41.7 Å². The highest BCUT2D eigenvalue weighted by molar-refractivity contribution is 5.87. The fourth-order valence-corrected chi connectivity index (χ4v) is 1.88. The summed E-state index contributed by atoms with van der Waals surface area (Å²) in [6.45, 7) is 5.45. The van der Waals surface area contributed by atoms with Crippen LogP contribution in [0.15, 0.2) is 30.6 Å². The standard InChI is InChI=1S/C8H7N3O2.C8H9NO2/c1-5-9-7-3-2-6(8(12)13)4-11(7)10-5;1-5-3-7(8(10)11)4-9-6(5)2/h2-4H,1H3,(H,12,13);3-4H,1-2H3,(H,10,11). The minimum absolute atomic E-state index is 0.206. The molecular weight excluding hydrogens is 312 g/mol. The smallest absolute Gasteiger partial charge is 0.337 e. The highest BCUT2D eigenvalue weighted by Gasteiger charge is 2.05. The number of carbonyl (C=O) groups is 2.